The summed E-state index contributed by atoms with van der Waals surface area (Å²) >= 11 is 0. The van der Waals surface area contributed by atoms with E-state index in [0.29, 0.717) is 13.2 Å². The van der Waals surface area contributed by atoms with Gasteiger partial charge in [0.15, 0.2) is 11.5 Å². The minimum Gasteiger partial charge on any atom is -0.490 e. The smallest absolute Gasteiger partial charge is 0.166 e. The lowest BCUT2D eigenvalue weighted by Crippen LogP contribution is -2.31. The Bertz CT molecular complexity index is 677. The van der Waals surface area contributed by atoms with Gasteiger partial charge in [-0.05, 0) is 38.6 Å². The average Bonchev–Trinajstić information content (AvgIpc) is 2.69. The van der Waals surface area contributed by atoms with Crippen LogP contribution in [-0.4, -0.2) is 37.7 Å². The summed E-state index contributed by atoms with van der Waals surface area (Å²) in [7, 11) is 0. The Labute approximate surface area is 188 Å². The van der Waals surface area contributed by atoms with Gasteiger partial charge in [0.05, 0.1) is 6.61 Å². The van der Waals surface area contributed by atoms with E-state index in [-0.39, 0.29) is 24.8 Å². The van der Waals surface area contributed by atoms with Gasteiger partial charge in [-0.1, -0.05) is 55.8 Å². The second kappa shape index (κ2) is 15.4. The summed E-state index contributed by atoms with van der Waals surface area (Å²) in [4.78, 5) is 2.42. The fourth-order valence-corrected chi connectivity index (χ4v) is 2.97. The summed E-state index contributed by atoms with van der Waals surface area (Å²) in [6, 6.07) is 14.6. The van der Waals surface area contributed by atoms with Crippen molar-refractivity contribution in [2.75, 3.05) is 32.8 Å². The van der Waals surface area contributed by atoms with Crippen molar-refractivity contribution in [1.82, 2.24) is 10.2 Å². The number of halogens is 2. The van der Waals surface area contributed by atoms with Crippen LogP contribution in [0.25, 0.3) is 0 Å². The number of aryl methyl sites for hydroxylation is 1. The molecule has 0 heterocycles. The minimum absolute atomic E-state index is 0. The van der Waals surface area contributed by atoms with Crippen LogP contribution >= 0.6 is 24.8 Å². The molecule has 0 aliphatic rings. The molecule has 0 amide bonds. The van der Waals surface area contributed by atoms with Crippen molar-refractivity contribution in [3.05, 3.63) is 59.2 Å². The standard InChI is InChI=1S/C23H34N2O2.2ClH/c1-5-25(6-2)16-15-24-17-21-9-8-10-22(26-7-3)23(21)27-18-20-13-11-19(4)12-14-20;;/h8-14,24H,5-7,15-18H2,1-4H3;2*1H. The lowest BCUT2D eigenvalue weighted by molar-refractivity contribution is 0.265. The predicted octanol–water partition coefficient (Wildman–Crippen LogP) is 5.25. The van der Waals surface area contributed by atoms with E-state index < -0.39 is 0 Å². The largest absolute Gasteiger partial charge is 0.490 e. The van der Waals surface area contributed by atoms with Crippen molar-refractivity contribution < 1.29 is 9.47 Å². The first-order chi connectivity index (χ1) is 13.2. The van der Waals surface area contributed by atoms with Crippen molar-refractivity contribution in [3.63, 3.8) is 0 Å². The number of likely N-dealkylation sites (N-methyl/N-ethyl adjacent to an activating group) is 1. The molecule has 0 spiro atoms. The van der Waals surface area contributed by atoms with Gasteiger partial charge in [-0.15, -0.1) is 24.8 Å². The first-order valence-electron chi connectivity index (χ1n) is 10.0. The normalized spacial score (nSPS) is 10.2. The lowest BCUT2D eigenvalue weighted by Gasteiger charge is -2.19. The third kappa shape index (κ3) is 9.26. The third-order valence-corrected chi connectivity index (χ3v) is 4.68. The van der Waals surface area contributed by atoms with Gasteiger partial charge in [0, 0.05) is 25.2 Å². The molecule has 0 aliphatic heterocycles. The molecule has 0 fully saturated rings. The Balaban J connectivity index is 0.00000392. The van der Waals surface area contributed by atoms with Crippen LogP contribution in [0.2, 0.25) is 0 Å². The third-order valence-electron chi connectivity index (χ3n) is 4.68. The quantitative estimate of drug-likeness (QED) is 0.455. The van der Waals surface area contributed by atoms with Gasteiger partial charge in [0.25, 0.3) is 0 Å². The van der Waals surface area contributed by atoms with Crippen molar-refractivity contribution in [3.8, 4) is 11.5 Å². The summed E-state index contributed by atoms with van der Waals surface area (Å²) in [6.45, 7) is 14.6. The van der Waals surface area contributed by atoms with Crippen LogP contribution in [0, 0.1) is 6.92 Å². The maximum absolute atomic E-state index is 6.19. The van der Waals surface area contributed by atoms with Gasteiger partial charge in [0.2, 0.25) is 0 Å². The van der Waals surface area contributed by atoms with Gasteiger partial charge in [0.1, 0.15) is 6.61 Å². The molecular formula is C23H36Cl2N2O2. The van der Waals surface area contributed by atoms with Crippen LogP contribution in [0.4, 0.5) is 0 Å². The summed E-state index contributed by atoms with van der Waals surface area (Å²) < 4.78 is 12.0. The molecule has 6 heteroatoms. The Morgan fingerprint density at radius 2 is 1.59 bits per heavy atom. The molecule has 0 aliphatic carbocycles. The van der Waals surface area contributed by atoms with Gasteiger partial charge in [-0.25, -0.2) is 0 Å². The summed E-state index contributed by atoms with van der Waals surface area (Å²) in [6.07, 6.45) is 0. The Kier molecular flexibility index (Phi) is 14.6. The number of hydrogen-bond donors (Lipinski definition) is 1. The van der Waals surface area contributed by atoms with Gasteiger partial charge < -0.3 is 19.7 Å². The zero-order valence-electron chi connectivity index (χ0n) is 18.1. The highest BCUT2D eigenvalue weighted by Gasteiger charge is 2.11. The fourth-order valence-electron chi connectivity index (χ4n) is 2.97. The molecule has 2 aromatic rings. The molecule has 2 rings (SSSR count). The molecular weight excluding hydrogens is 407 g/mol. The maximum atomic E-state index is 6.19. The number of hydrogen-bond acceptors (Lipinski definition) is 4. The molecule has 164 valence electrons. The Morgan fingerprint density at radius 1 is 0.897 bits per heavy atom. The van der Waals surface area contributed by atoms with Crippen molar-refractivity contribution in [2.45, 2.75) is 40.8 Å². The second-order valence-corrected chi connectivity index (χ2v) is 6.66. The first-order valence-corrected chi connectivity index (χ1v) is 10.0. The van der Waals surface area contributed by atoms with Crippen LogP contribution in [0.1, 0.15) is 37.5 Å². The molecule has 0 bridgehead atoms. The first kappa shape index (κ1) is 27.5. The van der Waals surface area contributed by atoms with Crippen LogP contribution in [0.15, 0.2) is 42.5 Å². The zero-order valence-corrected chi connectivity index (χ0v) is 19.7. The van der Waals surface area contributed by atoms with Crippen molar-refractivity contribution in [1.29, 1.82) is 0 Å². The number of rotatable bonds is 12. The van der Waals surface area contributed by atoms with Crippen molar-refractivity contribution in [2.24, 2.45) is 0 Å². The van der Waals surface area contributed by atoms with Crippen LogP contribution in [0.3, 0.4) is 0 Å². The molecule has 4 nitrogen and oxygen atoms in total. The topological polar surface area (TPSA) is 33.7 Å². The number of ether oxygens (including phenoxy) is 2. The highest BCUT2D eigenvalue weighted by atomic mass is 35.5. The van der Waals surface area contributed by atoms with Gasteiger partial charge in [-0.2, -0.15) is 0 Å². The number of nitrogens with one attached hydrogen (secondary N) is 1. The predicted molar refractivity (Wildman–Crippen MR) is 127 cm³/mol. The maximum Gasteiger partial charge on any atom is 0.166 e. The molecule has 0 aromatic heterocycles. The monoisotopic (exact) mass is 442 g/mol. The number of nitrogens with zero attached hydrogens (tertiary/aromatic N) is 1. The van der Waals surface area contributed by atoms with E-state index in [1.807, 2.05) is 19.1 Å². The highest BCUT2D eigenvalue weighted by Crippen LogP contribution is 2.32. The lowest BCUT2D eigenvalue weighted by atomic mass is 10.1. The number of para-hydroxylation sites is 1. The minimum atomic E-state index is 0. The van der Waals surface area contributed by atoms with Crippen LogP contribution in [-0.2, 0) is 13.2 Å². The Morgan fingerprint density at radius 3 is 2.21 bits per heavy atom. The second-order valence-electron chi connectivity index (χ2n) is 6.66. The zero-order chi connectivity index (χ0) is 19.5. The van der Waals surface area contributed by atoms with Gasteiger partial charge in [-0.3, -0.25) is 0 Å². The molecule has 0 saturated carbocycles. The molecule has 29 heavy (non-hydrogen) atoms. The van der Waals surface area contributed by atoms with E-state index in [0.717, 1.165) is 55.3 Å². The highest BCUT2D eigenvalue weighted by molar-refractivity contribution is 5.85. The van der Waals surface area contributed by atoms with Crippen LogP contribution in [0.5, 0.6) is 11.5 Å². The summed E-state index contributed by atoms with van der Waals surface area (Å²) in [5.74, 6) is 1.66. The fraction of sp³-hybridized carbons (Fsp3) is 0.478. The molecule has 0 atom stereocenters. The summed E-state index contributed by atoms with van der Waals surface area (Å²) in [5, 5.41) is 3.54. The van der Waals surface area contributed by atoms with E-state index in [4.69, 9.17) is 9.47 Å². The molecule has 1 N–H and O–H groups in total. The van der Waals surface area contributed by atoms with E-state index in [9.17, 15) is 0 Å². The molecule has 0 unspecified atom stereocenters. The molecule has 0 radical (unpaired) electrons. The average molecular weight is 443 g/mol. The van der Waals surface area contributed by atoms with Gasteiger partial charge >= 0.3 is 0 Å². The van der Waals surface area contributed by atoms with Crippen LogP contribution < -0.4 is 14.8 Å². The molecule has 0 saturated heterocycles. The van der Waals surface area contributed by atoms with E-state index in [1.165, 1.54) is 5.56 Å². The SMILES string of the molecule is CCOc1cccc(CNCCN(CC)CC)c1OCc1ccc(C)cc1.Cl.Cl. The molecule has 2 aromatic carbocycles. The van der Waals surface area contributed by atoms with Crippen molar-refractivity contribution >= 4 is 24.8 Å². The summed E-state index contributed by atoms with van der Waals surface area (Å²) in [5.41, 5.74) is 3.55. The Hall–Kier alpha value is -1.46. The van der Waals surface area contributed by atoms with E-state index >= 15 is 0 Å². The van der Waals surface area contributed by atoms with E-state index in [2.05, 4.69) is 61.3 Å². The van der Waals surface area contributed by atoms with E-state index in [1.54, 1.807) is 0 Å². The number of benzene rings is 2.